The molecule has 0 aliphatic heterocycles. The van der Waals surface area contributed by atoms with E-state index < -0.39 is 0 Å². The van der Waals surface area contributed by atoms with E-state index >= 15 is 0 Å². The predicted molar refractivity (Wildman–Crippen MR) is 71.8 cm³/mol. The van der Waals surface area contributed by atoms with Crippen molar-refractivity contribution in [2.75, 3.05) is 0 Å². The first-order chi connectivity index (χ1) is 9.90. The summed E-state index contributed by atoms with van der Waals surface area (Å²) in [5, 5.41) is 0. The van der Waals surface area contributed by atoms with E-state index in [4.69, 9.17) is 17.7 Å². The molecule has 0 saturated heterocycles. The van der Waals surface area contributed by atoms with Crippen molar-refractivity contribution in [2.24, 2.45) is 0 Å². The summed E-state index contributed by atoms with van der Waals surface area (Å²) in [6.07, 6.45) is 3.22. The molecule has 0 aliphatic carbocycles. The van der Waals surface area contributed by atoms with Crippen LogP contribution in [0.2, 0.25) is 0 Å². The van der Waals surface area contributed by atoms with Crippen molar-refractivity contribution >= 4 is 0 Å². The highest BCUT2D eigenvalue weighted by atomic mass is 16.4. The third-order valence-electron chi connectivity index (χ3n) is 2.98. The predicted octanol–water partition coefficient (Wildman–Crippen LogP) is 5.06. The van der Waals surface area contributed by atoms with Crippen LogP contribution in [0, 0.1) is 0 Å². The Balaban J connectivity index is 1.68. The molecule has 98 valence electrons. The van der Waals surface area contributed by atoms with E-state index in [1.54, 1.807) is 12.5 Å². The number of hydrogen-bond acceptors (Lipinski definition) is 4. The zero-order valence-electron chi connectivity index (χ0n) is 10.4. The minimum absolute atomic E-state index is 0.647. The van der Waals surface area contributed by atoms with Crippen molar-refractivity contribution in [1.29, 1.82) is 0 Å². The third-order valence-corrected chi connectivity index (χ3v) is 2.98. The van der Waals surface area contributed by atoms with Crippen molar-refractivity contribution < 1.29 is 17.7 Å². The van der Waals surface area contributed by atoms with Crippen LogP contribution in [0.4, 0.5) is 0 Å². The third kappa shape index (κ3) is 1.78. The maximum atomic E-state index is 5.73. The second-order valence-corrected chi connectivity index (χ2v) is 4.28. The molecule has 0 saturated carbocycles. The van der Waals surface area contributed by atoms with Gasteiger partial charge in [0, 0.05) is 0 Å². The molecule has 4 aromatic heterocycles. The molecular weight excluding hydrogens is 256 g/mol. The molecule has 4 aromatic rings. The lowest BCUT2D eigenvalue weighted by Crippen LogP contribution is -1.67. The molecule has 0 fully saturated rings. The molecule has 0 aliphatic rings. The molecule has 0 aromatic carbocycles. The van der Waals surface area contributed by atoms with Crippen LogP contribution < -0.4 is 0 Å². The Morgan fingerprint density at radius 1 is 0.450 bits per heavy atom. The summed E-state index contributed by atoms with van der Waals surface area (Å²) in [5.41, 5.74) is 0. The normalized spacial score (nSPS) is 11.0. The van der Waals surface area contributed by atoms with Crippen molar-refractivity contribution in [3.05, 3.63) is 61.1 Å². The minimum atomic E-state index is 0.647. The van der Waals surface area contributed by atoms with Gasteiger partial charge in [0.05, 0.1) is 12.5 Å². The summed E-state index contributed by atoms with van der Waals surface area (Å²) in [7, 11) is 0. The molecule has 0 amide bonds. The fraction of sp³-hybridized carbons (Fsp3) is 0. The molecule has 4 heteroatoms. The van der Waals surface area contributed by atoms with Crippen LogP contribution in [0.1, 0.15) is 0 Å². The van der Waals surface area contributed by atoms with Crippen LogP contribution >= 0.6 is 0 Å². The van der Waals surface area contributed by atoms with Gasteiger partial charge in [0.15, 0.2) is 34.6 Å². The van der Waals surface area contributed by atoms with Crippen LogP contribution in [-0.2, 0) is 0 Å². The van der Waals surface area contributed by atoms with Crippen molar-refractivity contribution in [3.63, 3.8) is 0 Å². The van der Waals surface area contributed by atoms with Gasteiger partial charge in [-0.15, -0.1) is 0 Å². The van der Waals surface area contributed by atoms with E-state index in [0.717, 1.165) is 0 Å². The lowest BCUT2D eigenvalue weighted by Gasteiger charge is -1.92. The van der Waals surface area contributed by atoms with E-state index in [0.29, 0.717) is 34.6 Å². The van der Waals surface area contributed by atoms with Gasteiger partial charge in [-0.1, -0.05) is 0 Å². The molecule has 4 nitrogen and oxygen atoms in total. The van der Waals surface area contributed by atoms with Gasteiger partial charge in [0.2, 0.25) is 0 Å². The van der Waals surface area contributed by atoms with Crippen LogP contribution in [0.25, 0.3) is 34.6 Å². The minimum Gasteiger partial charge on any atom is -0.461 e. The zero-order chi connectivity index (χ0) is 13.4. The Kier molecular flexibility index (Phi) is 2.39. The van der Waals surface area contributed by atoms with Crippen molar-refractivity contribution in [3.8, 4) is 34.6 Å². The molecule has 0 spiro atoms. The summed E-state index contributed by atoms with van der Waals surface area (Å²) < 4.78 is 22.0. The van der Waals surface area contributed by atoms with Crippen molar-refractivity contribution in [2.45, 2.75) is 0 Å². The number of hydrogen-bond donors (Lipinski definition) is 0. The SMILES string of the molecule is c1coc(-c2ccc(-c3ccc(-c4ccco4)o3)o2)c1. The first-order valence-electron chi connectivity index (χ1n) is 6.18. The molecule has 4 rings (SSSR count). The summed E-state index contributed by atoms with van der Waals surface area (Å²) in [4.78, 5) is 0. The Bertz CT molecular complexity index is 730. The van der Waals surface area contributed by atoms with Crippen LogP contribution in [-0.4, -0.2) is 0 Å². The van der Waals surface area contributed by atoms with Gasteiger partial charge in [-0.3, -0.25) is 0 Å². The fourth-order valence-electron chi connectivity index (χ4n) is 2.04. The van der Waals surface area contributed by atoms with E-state index in [2.05, 4.69) is 0 Å². The summed E-state index contributed by atoms with van der Waals surface area (Å²) in [6, 6.07) is 14.7. The summed E-state index contributed by atoms with van der Waals surface area (Å²) >= 11 is 0. The van der Waals surface area contributed by atoms with Gasteiger partial charge < -0.3 is 17.7 Å². The molecule has 0 radical (unpaired) electrons. The topological polar surface area (TPSA) is 52.6 Å². The number of furan rings is 4. The van der Waals surface area contributed by atoms with E-state index in [1.807, 2.05) is 48.5 Å². The highest BCUT2D eigenvalue weighted by Crippen LogP contribution is 2.32. The maximum absolute atomic E-state index is 5.73. The lowest BCUT2D eigenvalue weighted by atomic mass is 10.3. The molecule has 4 heterocycles. The van der Waals surface area contributed by atoms with E-state index in [1.165, 1.54) is 0 Å². The molecule has 0 atom stereocenters. The maximum Gasteiger partial charge on any atom is 0.170 e. The summed E-state index contributed by atoms with van der Waals surface area (Å²) in [5.74, 6) is 4.01. The Morgan fingerprint density at radius 2 is 0.850 bits per heavy atom. The highest BCUT2D eigenvalue weighted by Gasteiger charge is 2.13. The van der Waals surface area contributed by atoms with E-state index in [-0.39, 0.29) is 0 Å². The van der Waals surface area contributed by atoms with Gasteiger partial charge in [-0.05, 0) is 48.5 Å². The van der Waals surface area contributed by atoms with Gasteiger partial charge in [-0.25, -0.2) is 0 Å². The molecule has 0 N–H and O–H groups in total. The highest BCUT2D eigenvalue weighted by molar-refractivity contribution is 5.61. The van der Waals surface area contributed by atoms with Gasteiger partial charge in [-0.2, -0.15) is 0 Å². The van der Waals surface area contributed by atoms with Gasteiger partial charge in [0.25, 0.3) is 0 Å². The fourth-order valence-corrected chi connectivity index (χ4v) is 2.04. The standard InChI is InChI=1S/C16H10O4/c1-3-11(17-9-1)13-5-7-15(19-13)16-8-6-14(20-16)12-4-2-10-18-12/h1-10H. The Hall–Kier alpha value is -2.88. The molecular formula is C16H10O4. The molecule has 0 unspecified atom stereocenters. The van der Waals surface area contributed by atoms with Gasteiger partial charge in [0.1, 0.15) is 0 Å². The molecule has 0 bridgehead atoms. The van der Waals surface area contributed by atoms with Crippen molar-refractivity contribution in [1.82, 2.24) is 0 Å². The smallest absolute Gasteiger partial charge is 0.170 e. The quantitative estimate of drug-likeness (QED) is 0.520. The largest absolute Gasteiger partial charge is 0.461 e. The van der Waals surface area contributed by atoms with Crippen LogP contribution in [0.3, 0.4) is 0 Å². The zero-order valence-corrected chi connectivity index (χ0v) is 10.4. The summed E-state index contributed by atoms with van der Waals surface area (Å²) in [6.45, 7) is 0. The van der Waals surface area contributed by atoms with Crippen LogP contribution in [0.15, 0.2) is 78.7 Å². The first kappa shape index (κ1) is 11.0. The molecule has 20 heavy (non-hydrogen) atoms. The first-order valence-corrected chi connectivity index (χ1v) is 6.18. The monoisotopic (exact) mass is 266 g/mol. The Morgan fingerprint density at radius 3 is 1.20 bits per heavy atom. The second-order valence-electron chi connectivity index (χ2n) is 4.28. The van der Waals surface area contributed by atoms with Crippen LogP contribution in [0.5, 0.6) is 0 Å². The average Bonchev–Trinajstić information content (AvgIpc) is 3.22. The van der Waals surface area contributed by atoms with E-state index in [9.17, 15) is 0 Å². The van der Waals surface area contributed by atoms with Gasteiger partial charge >= 0.3 is 0 Å². The lowest BCUT2D eigenvalue weighted by molar-refractivity contribution is 0.501. The average molecular weight is 266 g/mol. The number of rotatable bonds is 3. The Labute approximate surface area is 114 Å². The second kappa shape index (κ2) is 4.35.